The number of aromatic nitrogens is 3. The monoisotopic (exact) mass is 354 g/mol. The van der Waals surface area contributed by atoms with E-state index >= 15 is 0 Å². The first kappa shape index (κ1) is 15.2. The van der Waals surface area contributed by atoms with Gasteiger partial charge in [0.2, 0.25) is 0 Å². The summed E-state index contributed by atoms with van der Waals surface area (Å²) in [5.41, 5.74) is 2.13. The highest BCUT2D eigenvalue weighted by molar-refractivity contribution is 6.30. The fraction of sp³-hybridized carbons (Fsp3) is 0. The molecule has 124 valence electrons. The first-order valence-corrected chi connectivity index (χ1v) is 7.67. The number of nitrogens with one attached hydrogen (secondary N) is 3. The molecule has 1 aromatic carbocycles. The second-order valence-electron chi connectivity index (χ2n) is 5.28. The normalized spacial score (nSPS) is 15.5. The lowest BCUT2D eigenvalue weighted by atomic mass is 10.2. The van der Waals surface area contributed by atoms with E-state index in [1.807, 2.05) is 12.1 Å². The van der Waals surface area contributed by atoms with Crippen molar-refractivity contribution >= 4 is 46.8 Å². The van der Waals surface area contributed by atoms with E-state index in [9.17, 15) is 9.59 Å². The average molecular weight is 355 g/mol. The Morgan fingerprint density at radius 1 is 1.12 bits per heavy atom. The van der Waals surface area contributed by atoms with Gasteiger partial charge in [-0.05, 0) is 36.4 Å². The average Bonchev–Trinajstić information content (AvgIpc) is 3.13. The topological polar surface area (TPSA) is 100 Å². The molecule has 4 rings (SSSR count). The summed E-state index contributed by atoms with van der Waals surface area (Å²) < 4.78 is 1.58. The van der Waals surface area contributed by atoms with Gasteiger partial charge < -0.3 is 10.6 Å². The van der Waals surface area contributed by atoms with E-state index in [4.69, 9.17) is 11.6 Å². The highest BCUT2D eigenvalue weighted by atomic mass is 35.5. The standard InChI is InChI=1S/C16H11ClN6O2/c17-10-1-3-11(4-2-10)19-13-5-6-23-14(21-13)9(8-18-23)7-12-15(24)22-16(25)20-12/h1-8H,(H,19,21)(H2,20,22,24,25)/b12-7-. The lowest BCUT2D eigenvalue weighted by Gasteiger charge is -2.06. The Balaban J connectivity index is 1.68. The fourth-order valence-electron chi connectivity index (χ4n) is 2.38. The molecule has 0 atom stereocenters. The third kappa shape index (κ3) is 3.02. The molecule has 3 N–H and O–H groups in total. The minimum absolute atomic E-state index is 0.151. The minimum atomic E-state index is -0.550. The van der Waals surface area contributed by atoms with Gasteiger partial charge in [0, 0.05) is 22.5 Å². The molecule has 0 bridgehead atoms. The summed E-state index contributed by atoms with van der Waals surface area (Å²) in [6.07, 6.45) is 4.84. The van der Waals surface area contributed by atoms with Crippen LogP contribution in [0.3, 0.4) is 0 Å². The van der Waals surface area contributed by atoms with Crippen molar-refractivity contribution in [2.45, 2.75) is 0 Å². The van der Waals surface area contributed by atoms with Crippen molar-refractivity contribution in [1.29, 1.82) is 0 Å². The van der Waals surface area contributed by atoms with Crippen LogP contribution in [0.15, 0.2) is 48.4 Å². The first-order valence-electron chi connectivity index (χ1n) is 7.29. The van der Waals surface area contributed by atoms with E-state index in [1.165, 1.54) is 6.08 Å². The molecule has 0 radical (unpaired) electrons. The zero-order valence-electron chi connectivity index (χ0n) is 12.7. The van der Waals surface area contributed by atoms with Crippen LogP contribution in [0.5, 0.6) is 0 Å². The van der Waals surface area contributed by atoms with E-state index in [0.29, 0.717) is 22.1 Å². The lowest BCUT2D eigenvalue weighted by Crippen LogP contribution is -2.22. The quantitative estimate of drug-likeness (QED) is 0.495. The van der Waals surface area contributed by atoms with Crippen LogP contribution in [-0.2, 0) is 4.79 Å². The number of hydrogen-bond acceptors (Lipinski definition) is 5. The molecule has 0 unspecified atom stereocenters. The molecule has 0 aliphatic carbocycles. The largest absolute Gasteiger partial charge is 0.340 e. The fourth-order valence-corrected chi connectivity index (χ4v) is 2.50. The van der Waals surface area contributed by atoms with Gasteiger partial charge in [0.25, 0.3) is 5.91 Å². The maximum atomic E-state index is 11.6. The number of benzene rings is 1. The molecule has 1 fully saturated rings. The summed E-state index contributed by atoms with van der Waals surface area (Å²) in [7, 11) is 0. The van der Waals surface area contributed by atoms with Crippen molar-refractivity contribution in [3.05, 3.63) is 59.0 Å². The zero-order valence-corrected chi connectivity index (χ0v) is 13.4. The third-order valence-electron chi connectivity index (χ3n) is 3.53. The molecular formula is C16H11ClN6O2. The number of urea groups is 1. The number of halogens is 1. The summed E-state index contributed by atoms with van der Waals surface area (Å²) in [5.74, 6) is 0.120. The first-order chi connectivity index (χ1) is 12.1. The molecule has 2 aromatic heterocycles. The Bertz CT molecular complexity index is 1020. The predicted octanol–water partition coefficient (Wildman–Crippen LogP) is 2.31. The lowest BCUT2D eigenvalue weighted by molar-refractivity contribution is -0.115. The number of nitrogens with zero attached hydrogens (tertiary/aromatic N) is 3. The molecule has 0 spiro atoms. The van der Waals surface area contributed by atoms with Crippen molar-refractivity contribution in [2.24, 2.45) is 0 Å². The van der Waals surface area contributed by atoms with Crippen LogP contribution in [-0.4, -0.2) is 26.5 Å². The van der Waals surface area contributed by atoms with Crippen LogP contribution < -0.4 is 16.0 Å². The van der Waals surface area contributed by atoms with Gasteiger partial charge in [-0.25, -0.2) is 14.3 Å². The van der Waals surface area contributed by atoms with Gasteiger partial charge >= 0.3 is 6.03 Å². The Morgan fingerprint density at radius 3 is 2.64 bits per heavy atom. The Hall–Kier alpha value is -3.39. The SMILES string of the molecule is O=C1NC(=O)/C(=C/c2cnn3ccc(Nc4ccc(Cl)cc4)nc23)N1. The maximum Gasteiger partial charge on any atom is 0.326 e. The van der Waals surface area contributed by atoms with Gasteiger partial charge in [-0.15, -0.1) is 0 Å². The Labute approximate surface area is 146 Å². The van der Waals surface area contributed by atoms with E-state index in [0.717, 1.165) is 5.69 Å². The number of fused-ring (bicyclic) bond motifs is 1. The van der Waals surface area contributed by atoms with Crippen molar-refractivity contribution in [1.82, 2.24) is 25.2 Å². The van der Waals surface area contributed by atoms with Crippen molar-refractivity contribution < 1.29 is 9.59 Å². The molecule has 25 heavy (non-hydrogen) atoms. The van der Waals surface area contributed by atoms with Crippen LogP contribution in [0.4, 0.5) is 16.3 Å². The van der Waals surface area contributed by atoms with Crippen molar-refractivity contribution in [3.63, 3.8) is 0 Å². The number of imide groups is 1. The number of rotatable bonds is 3. The van der Waals surface area contributed by atoms with Gasteiger partial charge in [-0.2, -0.15) is 5.10 Å². The van der Waals surface area contributed by atoms with Crippen LogP contribution in [0.2, 0.25) is 5.02 Å². The van der Waals surface area contributed by atoms with E-state index in [1.54, 1.807) is 35.1 Å². The van der Waals surface area contributed by atoms with Gasteiger partial charge in [0.15, 0.2) is 5.65 Å². The van der Waals surface area contributed by atoms with Gasteiger partial charge in [0.05, 0.1) is 6.20 Å². The third-order valence-corrected chi connectivity index (χ3v) is 3.78. The molecule has 0 saturated carbocycles. The van der Waals surface area contributed by atoms with Gasteiger partial charge in [-0.3, -0.25) is 10.1 Å². The van der Waals surface area contributed by atoms with Crippen LogP contribution in [0.25, 0.3) is 11.7 Å². The number of amides is 3. The van der Waals surface area contributed by atoms with E-state index < -0.39 is 11.9 Å². The molecule has 1 aliphatic rings. The number of carbonyl (C=O) groups is 2. The molecule has 1 aliphatic heterocycles. The summed E-state index contributed by atoms with van der Waals surface area (Å²) in [4.78, 5) is 27.4. The van der Waals surface area contributed by atoms with Gasteiger partial charge in [-0.1, -0.05) is 11.6 Å². The summed E-state index contributed by atoms with van der Waals surface area (Å²) in [5, 5.41) is 12.6. The Morgan fingerprint density at radius 2 is 1.92 bits per heavy atom. The molecular weight excluding hydrogens is 344 g/mol. The highest BCUT2D eigenvalue weighted by Gasteiger charge is 2.23. The second-order valence-corrected chi connectivity index (χ2v) is 5.72. The summed E-state index contributed by atoms with van der Waals surface area (Å²) in [6, 6.07) is 8.45. The number of anilines is 2. The smallest absolute Gasteiger partial charge is 0.326 e. The Kier molecular flexibility index (Phi) is 3.58. The molecule has 3 amide bonds. The highest BCUT2D eigenvalue weighted by Crippen LogP contribution is 2.20. The molecule has 3 aromatic rings. The summed E-state index contributed by atoms with van der Waals surface area (Å²) in [6.45, 7) is 0. The van der Waals surface area contributed by atoms with Gasteiger partial charge in [0.1, 0.15) is 11.5 Å². The minimum Gasteiger partial charge on any atom is -0.340 e. The van der Waals surface area contributed by atoms with E-state index in [2.05, 4.69) is 26.0 Å². The molecule has 3 heterocycles. The van der Waals surface area contributed by atoms with Crippen molar-refractivity contribution in [2.75, 3.05) is 5.32 Å². The maximum absolute atomic E-state index is 11.6. The molecule has 8 nitrogen and oxygen atoms in total. The van der Waals surface area contributed by atoms with Crippen LogP contribution in [0, 0.1) is 0 Å². The zero-order chi connectivity index (χ0) is 17.4. The van der Waals surface area contributed by atoms with Crippen molar-refractivity contribution in [3.8, 4) is 0 Å². The summed E-state index contributed by atoms with van der Waals surface area (Å²) >= 11 is 5.88. The molecule has 1 saturated heterocycles. The van der Waals surface area contributed by atoms with Crippen LogP contribution in [0.1, 0.15) is 5.56 Å². The van der Waals surface area contributed by atoms with Crippen LogP contribution >= 0.6 is 11.6 Å². The number of hydrogen-bond donors (Lipinski definition) is 3. The molecule has 9 heteroatoms. The predicted molar refractivity (Wildman–Crippen MR) is 92.4 cm³/mol. The van der Waals surface area contributed by atoms with E-state index in [-0.39, 0.29) is 5.70 Å². The number of carbonyl (C=O) groups excluding carboxylic acids is 2. The second kappa shape index (κ2) is 5.91.